The van der Waals surface area contributed by atoms with E-state index in [9.17, 15) is 0 Å². The Balaban J connectivity index is 2.86. The molecular weight excluding hydrogens is 158 g/mol. The Morgan fingerprint density at radius 2 is 2.08 bits per heavy atom. The van der Waals surface area contributed by atoms with Crippen LogP contribution in [-0.4, -0.2) is 7.05 Å². The minimum Gasteiger partial charge on any atom is -0.313 e. The second-order valence-electron chi connectivity index (χ2n) is 3.35. The third-order valence-corrected chi connectivity index (χ3v) is 2.52. The van der Waals surface area contributed by atoms with Crippen LogP contribution in [0, 0.1) is 0 Å². The summed E-state index contributed by atoms with van der Waals surface area (Å²) in [4.78, 5) is 0. The van der Waals surface area contributed by atoms with Crippen LogP contribution in [0.3, 0.4) is 0 Å². The molecule has 1 N–H and O–H groups in total. The Bertz CT molecular complexity index is 251. The number of hydrogen-bond acceptors (Lipinski definition) is 1. The molecule has 0 saturated carbocycles. The summed E-state index contributed by atoms with van der Waals surface area (Å²) < 4.78 is 0. The van der Waals surface area contributed by atoms with E-state index >= 15 is 0 Å². The quantitative estimate of drug-likeness (QED) is 0.745. The van der Waals surface area contributed by atoms with Crippen LogP contribution in [-0.2, 0) is 6.42 Å². The SMILES string of the molecule is CCc1cccc(C(CC)NC)c1. The molecule has 1 aromatic rings. The van der Waals surface area contributed by atoms with Crippen LogP contribution >= 0.6 is 0 Å². The fourth-order valence-corrected chi connectivity index (χ4v) is 1.64. The molecule has 0 amide bonds. The molecule has 1 heteroatoms. The Morgan fingerprint density at radius 3 is 2.62 bits per heavy atom. The zero-order valence-electron chi connectivity index (χ0n) is 8.80. The number of aryl methyl sites for hydroxylation is 1. The maximum Gasteiger partial charge on any atom is 0.0314 e. The molecule has 0 aliphatic rings. The van der Waals surface area contributed by atoms with Crippen molar-refractivity contribution < 1.29 is 0 Å². The molecule has 0 aliphatic heterocycles. The van der Waals surface area contributed by atoms with Gasteiger partial charge in [-0.05, 0) is 31.0 Å². The lowest BCUT2D eigenvalue weighted by Crippen LogP contribution is -2.15. The summed E-state index contributed by atoms with van der Waals surface area (Å²) in [5, 5.41) is 3.32. The van der Waals surface area contributed by atoms with Gasteiger partial charge >= 0.3 is 0 Å². The van der Waals surface area contributed by atoms with Crippen molar-refractivity contribution >= 4 is 0 Å². The predicted octanol–water partition coefficient (Wildman–Crippen LogP) is 2.92. The lowest BCUT2D eigenvalue weighted by Gasteiger charge is -2.14. The van der Waals surface area contributed by atoms with E-state index in [0.717, 1.165) is 12.8 Å². The Hall–Kier alpha value is -0.820. The van der Waals surface area contributed by atoms with E-state index in [-0.39, 0.29) is 0 Å². The van der Waals surface area contributed by atoms with E-state index in [0.29, 0.717) is 6.04 Å². The first kappa shape index (κ1) is 10.3. The second-order valence-corrected chi connectivity index (χ2v) is 3.35. The smallest absolute Gasteiger partial charge is 0.0314 e. The van der Waals surface area contributed by atoms with E-state index in [1.54, 1.807) is 0 Å². The summed E-state index contributed by atoms with van der Waals surface area (Å²) in [6, 6.07) is 9.33. The molecule has 72 valence electrons. The van der Waals surface area contributed by atoms with Crippen molar-refractivity contribution in [1.29, 1.82) is 0 Å². The lowest BCUT2D eigenvalue weighted by atomic mass is 10.0. The van der Waals surface area contributed by atoms with Crippen molar-refractivity contribution in [3.8, 4) is 0 Å². The normalized spacial score (nSPS) is 12.8. The van der Waals surface area contributed by atoms with Crippen molar-refractivity contribution in [2.45, 2.75) is 32.7 Å². The first-order valence-electron chi connectivity index (χ1n) is 5.07. The minimum atomic E-state index is 0.506. The Morgan fingerprint density at radius 1 is 1.31 bits per heavy atom. The van der Waals surface area contributed by atoms with Gasteiger partial charge in [0.15, 0.2) is 0 Å². The van der Waals surface area contributed by atoms with Crippen LogP contribution < -0.4 is 5.32 Å². The average molecular weight is 177 g/mol. The second kappa shape index (κ2) is 5.03. The van der Waals surface area contributed by atoms with Gasteiger partial charge in [0.2, 0.25) is 0 Å². The molecule has 0 aliphatic carbocycles. The largest absolute Gasteiger partial charge is 0.313 e. The molecular formula is C12H19N. The topological polar surface area (TPSA) is 12.0 Å². The van der Waals surface area contributed by atoms with E-state index in [1.165, 1.54) is 11.1 Å². The molecule has 1 aromatic carbocycles. The number of nitrogens with one attached hydrogen (secondary N) is 1. The molecule has 0 bridgehead atoms. The highest BCUT2D eigenvalue weighted by Gasteiger charge is 2.05. The third kappa shape index (κ3) is 2.56. The van der Waals surface area contributed by atoms with E-state index in [2.05, 4.69) is 43.4 Å². The number of rotatable bonds is 4. The number of benzene rings is 1. The maximum atomic E-state index is 3.32. The fraction of sp³-hybridized carbons (Fsp3) is 0.500. The lowest BCUT2D eigenvalue weighted by molar-refractivity contribution is 0.576. The van der Waals surface area contributed by atoms with E-state index in [1.807, 2.05) is 7.05 Å². The van der Waals surface area contributed by atoms with Gasteiger partial charge in [-0.25, -0.2) is 0 Å². The summed E-state index contributed by atoms with van der Waals surface area (Å²) >= 11 is 0. The Labute approximate surface area is 81.2 Å². The summed E-state index contributed by atoms with van der Waals surface area (Å²) in [7, 11) is 2.02. The minimum absolute atomic E-state index is 0.506. The van der Waals surface area contributed by atoms with Crippen molar-refractivity contribution in [1.82, 2.24) is 5.32 Å². The molecule has 0 saturated heterocycles. The standard InChI is InChI=1S/C12H19N/c1-4-10-7-6-8-11(9-10)12(5-2)13-3/h6-9,12-13H,4-5H2,1-3H3. The van der Waals surface area contributed by atoms with Gasteiger partial charge < -0.3 is 5.32 Å². The van der Waals surface area contributed by atoms with Crippen LogP contribution in [0.4, 0.5) is 0 Å². The monoisotopic (exact) mass is 177 g/mol. The highest BCUT2D eigenvalue weighted by molar-refractivity contribution is 5.25. The van der Waals surface area contributed by atoms with Gasteiger partial charge in [-0.3, -0.25) is 0 Å². The van der Waals surface area contributed by atoms with Gasteiger partial charge in [0.25, 0.3) is 0 Å². The average Bonchev–Trinajstić information content (AvgIpc) is 2.20. The molecule has 1 nitrogen and oxygen atoms in total. The van der Waals surface area contributed by atoms with Crippen LogP contribution in [0.15, 0.2) is 24.3 Å². The molecule has 0 spiro atoms. The summed E-state index contributed by atoms with van der Waals surface area (Å²) in [6.45, 7) is 4.40. The van der Waals surface area contributed by atoms with Gasteiger partial charge in [-0.15, -0.1) is 0 Å². The van der Waals surface area contributed by atoms with Crippen molar-refractivity contribution in [3.05, 3.63) is 35.4 Å². The summed E-state index contributed by atoms with van der Waals surface area (Å²) in [5.74, 6) is 0. The van der Waals surface area contributed by atoms with Crippen LogP contribution in [0.5, 0.6) is 0 Å². The molecule has 1 atom stereocenters. The molecule has 0 aromatic heterocycles. The van der Waals surface area contributed by atoms with Gasteiger partial charge in [-0.1, -0.05) is 38.1 Å². The maximum absolute atomic E-state index is 3.32. The van der Waals surface area contributed by atoms with Crippen molar-refractivity contribution in [2.75, 3.05) is 7.05 Å². The van der Waals surface area contributed by atoms with Gasteiger partial charge in [0, 0.05) is 6.04 Å². The highest BCUT2D eigenvalue weighted by atomic mass is 14.9. The molecule has 0 heterocycles. The van der Waals surface area contributed by atoms with E-state index in [4.69, 9.17) is 0 Å². The third-order valence-electron chi connectivity index (χ3n) is 2.52. The van der Waals surface area contributed by atoms with Crippen LogP contribution in [0.2, 0.25) is 0 Å². The molecule has 0 radical (unpaired) electrons. The molecule has 13 heavy (non-hydrogen) atoms. The fourth-order valence-electron chi connectivity index (χ4n) is 1.64. The Kier molecular flexibility index (Phi) is 3.97. The summed E-state index contributed by atoms with van der Waals surface area (Å²) in [6.07, 6.45) is 2.26. The van der Waals surface area contributed by atoms with Crippen molar-refractivity contribution in [3.63, 3.8) is 0 Å². The van der Waals surface area contributed by atoms with Gasteiger partial charge in [-0.2, -0.15) is 0 Å². The van der Waals surface area contributed by atoms with Crippen molar-refractivity contribution in [2.24, 2.45) is 0 Å². The molecule has 1 unspecified atom stereocenters. The first-order chi connectivity index (χ1) is 6.31. The van der Waals surface area contributed by atoms with E-state index < -0.39 is 0 Å². The molecule has 0 fully saturated rings. The van der Waals surface area contributed by atoms with Gasteiger partial charge in [0.1, 0.15) is 0 Å². The first-order valence-corrected chi connectivity index (χ1v) is 5.07. The summed E-state index contributed by atoms with van der Waals surface area (Å²) in [5.41, 5.74) is 2.83. The van der Waals surface area contributed by atoms with Crippen LogP contribution in [0.1, 0.15) is 37.4 Å². The number of hydrogen-bond donors (Lipinski definition) is 1. The molecule has 1 rings (SSSR count). The van der Waals surface area contributed by atoms with Gasteiger partial charge in [0.05, 0.1) is 0 Å². The zero-order valence-corrected chi connectivity index (χ0v) is 8.80. The zero-order chi connectivity index (χ0) is 9.68. The highest BCUT2D eigenvalue weighted by Crippen LogP contribution is 2.17. The van der Waals surface area contributed by atoms with Crippen LogP contribution in [0.25, 0.3) is 0 Å². The predicted molar refractivity (Wildman–Crippen MR) is 57.9 cm³/mol.